The second-order valence-electron chi connectivity index (χ2n) is 6.31. The summed E-state index contributed by atoms with van der Waals surface area (Å²) in [7, 11) is 0. The third-order valence-corrected chi connectivity index (χ3v) is 4.95. The van der Waals surface area contributed by atoms with Crippen LogP contribution in [-0.2, 0) is 9.53 Å². The van der Waals surface area contributed by atoms with Gasteiger partial charge in [0, 0.05) is 19.6 Å². The predicted octanol–water partition coefficient (Wildman–Crippen LogP) is 2.32. The van der Waals surface area contributed by atoms with Crippen LogP contribution in [0.25, 0.3) is 0 Å². The SMILES string of the molecule is CCN(CC)C(=O)C(C)NCC1CCC2(CCCC2)O1. The molecule has 20 heavy (non-hydrogen) atoms. The first-order valence-corrected chi connectivity index (χ1v) is 8.30. The number of carbonyl (C=O) groups excluding carboxylic acids is 1. The van der Waals surface area contributed by atoms with Crippen LogP contribution in [0.2, 0.25) is 0 Å². The van der Waals surface area contributed by atoms with Crippen LogP contribution in [0.5, 0.6) is 0 Å². The number of ether oxygens (including phenoxy) is 1. The maximum Gasteiger partial charge on any atom is 0.239 e. The van der Waals surface area contributed by atoms with Crippen LogP contribution in [0.3, 0.4) is 0 Å². The van der Waals surface area contributed by atoms with Crippen molar-refractivity contribution in [2.24, 2.45) is 0 Å². The molecule has 1 saturated heterocycles. The highest BCUT2D eigenvalue weighted by atomic mass is 16.5. The van der Waals surface area contributed by atoms with Crippen molar-refractivity contribution >= 4 is 5.91 Å². The summed E-state index contributed by atoms with van der Waals surface area (Å²) in [6.07, 6.45) is 7.74. The predicted molar refractivity (Wildman–Crippen MR) is 80.7 cm³/mol. The lowest BCUT2D eigenvalue weighted by atomic mass is 9.98. The van der Waals surface area contributed by atoms with Crippen LogP contribution in [0, 0.1) is 0 Å². The smallest absolute Gasteiger partial charge is 0.239 e. The number of carbonyl (C=O) groups is 1. The van der Waals surface area contributed by atoms with Gasteiger partial charge in [-0.2, -0.15) is 0 Å². The first kappa shape index (κ1) is 15.8. The summed E-state index contributed by atoms with van der Waals surface area (Å²) < 4.78 is 6.27. The van der Waals surface area contributed by atoms with Crippen molar-refractivity contribution in [1.29, 1.82) is 0 Å². The Morgan fingerprint density at radius 1 is 1.30 bits per heavy atom. The molecule has 0 aromatic rings. The molecule has 1 spiro atoms. The van der Waals surface area contributed by atoms with Crippen LogP contribution in [-0.4, -0.2) is 48.2 Å². The molecule has 0 aromatic carbocycles. The molecule has 1 amide bonds. The molecular formula is C16H30N2O2. The Morgan fingerprint density at radius 2 is 1.95 bits per heavy atom. The molecule has 4 heteroatoms. The van der Waals surface area contributed by atoms with Crippen molar-refractivity contribution in [3.63, 3.8) is 0 Å². The largest absolute Gasteiger partial charge is 0.370 e. The number of rotatable bonds is 6. The lowest BCUT2D eigenvalue weighted by Gasteiger charge is -2.26. The third kappa shape index (κ3) is 3.53. The Hall–Kier alpha value is -0.610. The molecule has 4 nitrogen and oxygen atoms in total. The van der Waals surface area contributed by atoms with Crippen molar-refractivity contribution in [1.82, 2.24) is 10.2 Å². The Labute approximate surface area is 123 Å². The summed E-state index contributed by atoms with van der Waals surface area (Å²) in [5, 5.41) is 3.36. The molecule has 1 N–H and O–H groups in total. The molecule has 116 valence electrons. The van der Waals surface area contributed by atoms with Crippen LogP contribution >= 0.6 is 0 Å². The second-order valence-corrected chi connectivity index (χ2v) is 6.31. The van der Waals surface area contributed by atoms with Crippen LogP contribution in [0.4, 0.5) is 0 Å². The zero-order valence-electron chi connectivity index (χ0n) is 13.3. The van der Waals surface area contributed by atoms with Crippen LogP contribution in [0.1, 0.15) is 59.3 Å². The summed E-state index contributed by atoms with van der Waals surface area (Å²) >= 11 is 0. The molecule has 1 saturated carbocycles. The Morgan fingerprint density at radius 3 is 2.55 bits per heavy atom. The minimum absolute atomic E-state index is 0.112. The molecule has 1 aliphatic carbocycles. The van der Waals surface area contributed by atoms with Gasteiger partial charge in [0.05, 0.1) is 17.7 Å². The van der Waals surface area contributed by atoms with Gasteiger partial charge in [-0.05, 0) is 46.5 Å². The van der Waals surface area contributed by atoms with Gasteiger partial charge in [-0.15, -0.1) is 0 Å². The van der Waals surface area contributed by atoms with Gasteiger partial charge in [0.25, 0.3) is 0 Å². The van der Waals surface area contributed by atoms with Crippen molar-refractivity contribution < 1.29 is 9.53 Å². The van der Waals surface area contributed by atoms with Gasteiger partial charge in [0.1, 0.15) is 0 Å². The number of hydrogen-bond acceptors (Lipinski definition) is 3. The van der Waals surface area contributed by atoms with Crippen molar-refractivity contribution in [2.45, 2.75) is 77.0 Å². The third-order valence-electron chi connectivity index (χ3n) is 4.95. The van der Waals surface area contributed by atoms with E-state index in [0.717, 1.165) is 26.1 Å². The maximum absolute atomic E-state index is 12.2. The summed E-state index contributed by atoms with van der Waals surface area (Å²) in [6.45, 7) is 8.38. The first-order valence-electron chi connectivity index (χ1n) is 8.30. The summed E-state index contributed by atoms with van der Waals surface area (Å²) in [5.74, 6) is 0.198. The molecule has 1 aliphatic heterocycles. The van der Waals surface area contributed by atoms with Crippen LogP contribution in [0.15, 0.2) is 0 Å². The average molecular weight is 282 g/mol. The minimum Gasteiger partial charge on any atom is -0.370 e. The van der Waals surface area contributed by atoms with Gasteiger partial charge in [-0.1, -0.05) is 12.8 Å². The Bertz CT molecular complexity index is 322. The van der Waals surface area contributed by atoms with E-state index >= 15 is 0 Å². The number of nitrogens with one attached hydrogen (secondary N) is 1. The number of likely N-dealkylation sites (N-methyl/N-ethyl adjacent to an activating group) is 1. The topological polar surface area (TPSA) is 41.6 Å². The fraction of sp³-hybridized carbons (Fsp3) is 0.938. The molecule has 2 unspecified atom stereocenters. The quantitative estimate of drug-likeness (QED) is 0.813. The zero-order chi connectivity index (χ0) is 14.6. The lowest BCUT2D eigenvalue weighted by Crippen LogP contribution is -2.46. The van der Waals surface area contributed by atoms with E-state index in [9.17, 15) is 4.79 Å². The van der Waals surface area contributed by atoms with E-state index in [1.54, 1.807) is 0 Å². The minimum atomic E-state index is -0.112. The highest BCUT2D eigenvalue weighted by Gasteiger charge is 2.42. The standard InChI is InChI=1S/C16H30N2O2/c1-4-18(5-2)15(19)13(3)17-12-14-8-11-16(20-14)9-6-7-10-16/h13-14,17H,4-12H2,1-3H3. The van der Waals surface area contributed by atoms with Gasteiger partial charge in [0.15, 0.2) is 0 Å². The Kier molecular flexibility index (Phi) is 5.44. The van der Waals surface area contributed by atoms with Gasteiger partial charge in [0.2, 0.25) is 5.91 Å². The summed E-state index contributed by atoms with van der Waals surface area (Å²) in [6, 6.07) is -0.112. The number of hydrogen-bond donors (Lipinski definition) is 1. The lowest BCUT2D eigenvalue weighted by molar-refractivity contribution is -0.132. The molecule has 2 fully saturated rings. The molecule has 0 radical (unpaired) electrons. The van der Waals surface area contributed by atoms with Gasteiger partial charge >= 0.3 is 0 Å². The van der Waals surface area contributed by atoms with E-state index in [1.807, 2.05) is 25.7 Å². The summed E-state index contributed by atoms with van der Waals surface area (Å²) in [5.41, 5.74) is 0.193. The van der Waals surface area contributed by atoms with Crippen molar-refractivity contribution in [3.05, 3.63) is 0 Å². The van der Waals surface area contributed by atoms with Gasteiger partial charge in [-0.25, -0.2) is 0 Å². The maximum atomic E-state index is 12.2. The molecule has 0 aromatic heterocycles. The van der Waals surface area contributed by atoms with E-state index in [1.165, 1.54) is 32.1 Å². The second kappa shape index (κ2) is 6.90. The van der Waals surface area contributed by atoms with Gasteiger partial charge in [-0.3, -0.25) is 4.79 Å². The van der Waals surface area contributed by atoms with Crippen molar-refractivity contribution in [3.8, 4) is 0 Å². The normalized spacial score (nSPS) is 26.1. The number of amides is 1. The first-order chi connectivity index (χ1) is 9.60. The highest BCUT2D eigenvalue weighted by Crippen LogP contribution is 2.43. The summed E-state index contributed by atoms with van der Waals surface area (Å²) in [4.78, 5) is 14.1. The van der Waals surface area contributed by atoms with E-state index in [4.69, 9.17) is 4.74 Å². The molecular weight excluding hydrogens is 252 g/mol. The van der Waals surface area contributed by atoms with E-state index in [0.29, 0.717) is 6.10 Å². The van der Waals surface area contributed by atoms with Crippen LogP contribution < -0.4 is 5.32 Å². The fourth-order valence-electron chi connectivity index (χ4n) is 3.63. The zero-order valence-corrected chi connectivity index (χ0v) is 13.3. The average Bonchev–Trinajstić information content (AvgIpc) is 3.08. The highest BCUT2D eigenvalue weighted by molar-refractivity contribution is 5.81. The molecule has 2 aliphatic rings. The monoisotopic (exact) mass is 282 g/mol. The fourth-order valence-corrected chi connectivity index (χ4v) is 3.63. The van der Waals surface area contributed by atoms with E-state index in [2.05, 4.69) is 5.32 Å². The number of nitrogens with zero attached hydrogens (tertiary/aromatic N) is 1. The molecule has 0 bridgehead atoms. The van der Waals surface area contributed by atoms with Crippen molar-refractivity contribution in [2.75, 3.05) is 19.6 Å². The van der Waals surface area contributed by atoms with E-state index in [-0.39, 0.29) is 17.6 Å². The van der Waals surface area contributed by atoms with Gasteiger partial charge < -0.3 is 15.0 Å². The molecule has 2 rings (SSSR count). The Balaban J connectivity index is 1.74. The van der Waals surface area contributed by atoms with E-state index < -0.39 is 0 Å². The molecule has 2 atom stereocenters. The molecule has 1 heterocycles.